The molecule has 0 saturated carbocycles. The maximum Gasteiger partial charge on any atom is 0.331 e. The first-order valence-corrected chi connectivity index (χ1v) is 8.48. The molecule has 2 rings (SSSR count). The van der Waals surface area contributed by atoms with Gasteiger partial charge in [-0.25, -0.2) is 4.79 Å². The number of rotatable bonds is 5. The van der Waals surface area contributed by atoms with Crippen LogP contribution in [0.3, 0.4) is 0 Å². The third kappa shape index (κ3) is 5.03. The van der Waals surface area contributed by atoms with E-state index in [2.05, 4.69) is 26.3 Å². The quantitative estimate of drug-likeness (QED) is 0.611. The molecule has 7 heteroatoms. The van der Waals surface area contributed by atoms with Crippen LogP contribution < -0.4 is 5.32 Å². The van der Waals surface area contributed by atoms with Gasteiger partial charge in [-0.05, 0) is 50.6 Å². The Hall–Kier alpha value is -2.41. The number of nitrogens with zero attached hydrogens (tertiary/aromatic N) is 2. The number of carbonyl (C=O) groups is 2. The molecular formula is C18H20BrN3O3. The maximum absolute atomic E-state index is 11.9. The van der Waals surface area contributed by atoms with Crippen LogP contribution in [0.5, 0.6) is 0 Å². The summed E-state index contributed by atoms with van der Waals surface area (Å²) in [5.74, 6) is -0.970. The van der Waals surface area contributed by atoms with Crippen molar-refractivity contribution in [1.29, 1.82) is 0 Å². The molecule has 25 heavy (non-hydrogen) atoms. The van der Waals surface area contributed by atoms with E-state index in [1.807, 2.05) is 40.0 Å². The second kappa shape index (κ2) is 8.11. The SMILES string of the molecule is Cc1cc(NC(=O)COC(=O)/C=C/c2c(C)nn(C)c2C)ccc1Br. The van der Waals surface area contributed by atoms with E-state index < -0.39 is 11.9 Å². The van der Waals surface area contributed by atoms with Crippen LogP contribution >= 0.6 is 15.9 Å². The molecule has 0 fully saturated rings. The fourth-order valence-electron chi connectivity index (χ4n) is 2.29. The van der Waals surface area contributed by atoms with Crippen LogP contribution in [0.25, 0.3) is 6.08 Å². The Morgan fingerprint density at radius 3 is 2.64 bits per heavy atom. The summed E-state index contributed by atoms with van der Waals surface area (Å²) in [7, 11) is 1.84. The number of esters is 1. The third-order valence-electron chi connectivity index (χ3n) is 3.74. The van der Waals surface area contributed by atoms with Gasteiger partial charge in [0.15, 0.2) is 6.61 Å². The average Bonchev–Trinajstić information content (AvgIpc) is 2.79. The van der Waals surface area contributed by atoms with Crippen molar-refractivity contribution in [2.75, 3.05) is 11.9 Å². The van der Waals surface area contributed by atoms with Crippen molar-refractivity contribution in [3.05, 3.63) is 51.3 Å². The van der Waals surface area contributed by atoms with Crippen LogP contribution in [-0.2, 0) is 21.4 Å². The van der Waals surface area contributed by atoms with E-state index in [1.165, 1.54) is 6.08 Å². The van der Waals surface area contributed by atoms with Crippen molar-refractivity contribution in [3.8, 4) is 0 Å². The maximum atomic E-state index is 11.9. The predicted molar refractivity (Wildman–Crippen MR) is 100 cm³/mol. The van der Waals surface area contributed by atoms with Gasteiger partial charge >= 0.3 is 5.97 Å². The van der Waals surface area contributed by atoms with Crippen molar-refractivity contribution in [2.24, 2.45) is 7.05 Å². The summed E-state index contributed by atoms with van der Waals surface area (Å²) >= 11 is 3.40. The van der Waals surface area contributed by atoms with Crippen LogP contribution in [0.4, 0.5) is 5.69 Å². The van der Waals surface area contributed by atoms with E-state index in [-0.39, 0.29) is 6.61 Å². The molecule has 132 valence electrons. The van der Waals surface area contributed by atoms with Gasteiger partial charge in [0.2, 0.25) is 0 Å². The molecule has 0 atom stereocenters. The van der Waals surface area contributed by atoms with Gasteiger partial charge in [0.05, 0.1) is 5.69 Å². The Kier molecular flexibility index (Phi) is 6.14. The lowest BCUT2D eigenvalue weighted by molar-refractivity contribution is -0.142. The Balaban J connectivity index is 1.87. The van der Waals surface area contributed by atoms with E-state index in [0.29, 0.717) is 5.69 Å². The topological polar surface area (TPSA) is 73.2 Å². The number of nitrogens with one attached hydrogen (secondary N) is 1. The molecule has 1 N–H and O–H groups in total. The molecule has 0 aliphatic rings. The zero-order valence-corrected chi connectivity index (χ0v) is 16.2. The van der Waals surface area contributed by atoms with Crippen LogP contribution in [0.1, 0.15) is 22.5 Å². The number of aromatic nitrogens is 2. The van der Waals surface area contributed by atoms with Gasteiger partial charge in [0.25, 0.3) is 5.91 Å². The highest BCUT2D eigenvalue weighted by Gasteiger charge is 2.09. The van der Waals surface area contributed by atoms with Crippen LogP contribution in [-0.4, -0.2) is 28.3 Å². The zero-order chi connectivity index (χ0) is 18.6. The molecule has 2 aromatic rings. The van der Waals surface area contributed by atoms with Crippen molar-refractivity contribution < 1.29 is 14.3 Å². The standard InChI is InChI=1S/C18H20BrN3O3/c1-11-9-14(5-7-16(11)19)20-17(23)10-25-18(24)8-6-15-12(2)21-22(4)13(15)3/h5-9H,10H2,1-4H3,(H,20,23)/b8-6+. The Labute approximate surface area is 155 Å². The number of ether oxygens (including phenoxy) is 1. The Morgan fingerprint density at radius 2 is 2.04 bits per heavy atom. The Bertz CT molecular complexity index is 840. The molecule has 1 amide bonds. The van der Waals surface area contributed by atoms with Crippen molar-refractivity contribution >= 4 is 39.6 Å². The molecule has 0 aliphatic heterocycles. The fraction of sp³-hybridized carbons (Fsp3) is 0.278. The summed E-state index contributed by atoms with van der Waals surface area (Å²) in [6, 6.07) is 5.45. The molecule has 0 bridgehead atoms. The van der Waals surface area contributed by atoms with Gasteiger partial charge in [-0.1, -0.05) is 15.9 Å². The monoisotopic (exact) mass is 405 g/mol. The normalized spacial score (nSPS) is 10.9. The smallest absolute Gasteiger partial charge is 0.331 e. The highest BCUT2D eigenvalue weighted by molar-refractivity contribution is 9.10. The molecule has 0 aliphatic carbocycles. The molecule has 6 nitrogen and oxygen atoms in total. The number of aryl methyl sites for hydroxylation is 3. The lowest BCUT2D eigenvalue weighted by atomic mass is 10.2. The molecule has 1 aromatic heterocycles. The summed E-state index contributed by atoms with van der Waals surface area (Å²) in [5, 5.41) is 6.95. The van der Waals surface area contributed by atoms with Crippen LogP contribution in [0, 0.1) is 20.8 Å². The van der Waals surface area contributed by atoms with Gasteiger partial charge in [-0.2, -0.15) is 5.10 Å². The minimum Gasteiger partial charge on any atom is -0.452 e. The van der Waals surface area contributed by atoms with E-state index in [4.69, 9.17) is 4.74 Å². The molecule has 0 unspecified atom stereocenters. The molecule has 0 saturated heterocycles. The van der Waals surface area contributed by atoms with Gasteiger partial charge < -0.3 is 10.1 Å². The second-order valence-corrected chi connectivity index (χ2v) is 6.52. The predicted octanol–water partition coefficient (Wildman–Crippen LogP) is 3.30. The highest BCUT2D eigenvalue weighted by atomic mass is 79.9. The Morgan fingerprint density at radius 1 is 1.32 bits per heavy atom. The zero-order valence-electron chi connectivity index (χ0n) is 14.6. The van der Waals surface area contributed by atoms with Gasteiger partial charge in [-0.15, -0.1) is 0 Å². The molecule has 1 aromatic carbocycles. The fourth-order valence-corrected chi connectivity index (χ4v) is 2.53. The average molecular weight is 406 g/mol. The van der Waals surface area contributed by atoms with Gasteiger partial charge in [0, 0.05) is 34.5 Å². The number of benzene rings is 1. The first-order chi connectivity index (χ1) is 11.8. The lowest BCUT2D eigenvalue weighted by Crippen LogP contribution is -2.20. The van der Waals surface area contributed by atoms with Gasteiger partial charge in [-0.3, -0.25) is 9.48 Å². The summed E-state index contributed by atoms with van der Waals surface area (Å²) in [5.41, 5.74) is 4.30. The molecule has 0 spiro atoms. The lowest BCUT2D eigenvalue weighted by Gasteiger charge is -2.07. The summed E-state index contributed by atoms with van der Waals surface area (Å²) < 4.78 is 7.67. The van der Waals surface area contributed by atoms with Crippen molar-refractivity contribution in [2.45, 2.75) is 20.8 Å². The summed E-state index contributed by atoms with van der Waals surface area (Å²) in [4.78, 5) is 23.6. The van der Waals surface area contributed by atoms with E-state index in [0.717, 1.165) is 27.0 Å². The van der Waals surface area contributed by atoms with E-state index >= 15 is 0 Å². The van der Waals surface area contributed by atoms with E-state index in [9.17, 15) is 9.59 Å². The number of hydrogen-bond donors (Lipinski definition) is 1. The van der Waals surface area contributed by atoms with Crippen molar-refractivity contribution in [3.63, 3.8) is 0 Å². The number of anilines is 1. The van der Waals surface area contributed by atoms with E-state index in [1.54, 1.807) is 16.8 Å². The number of carbonyl (C=O) groups excluding carboxylic acids is 2. The van der Waals surface area contributed by atoms with Crippen molar-refractivity contribution in [1.82, 2.24) is 9.78 Å². The minimum absolute atomic E-state index is 0.344. The summed E-state index contributed by atoms with van der Waals surface area (Å²) in [6.07, 6.45) is 2.95. The highest BCUT2D eigenvalue weighted by Crippen LogP contribution is 2.20. The largest absolute Gasteiger partial charge is 0.452 e. The van der Waals surface area contributed by atoms with Crippen LogP contribution in [0.2, 0.25) is 0 Å². The van der Waals surface area contributed by atoms with Gasteiger partial charge in [0.1, 0.15) is 0 Å². The summed E-state index contributed by atoms with van der Waals surface area (Å²) in [6.45, 7) is 5.36. The molecule has 0 radical (unpaired) electrons. The molecule has 1 heterocycles. The number of amides is 1. The third-order valence-corrected chi connectivity index (χ3v) is 4.63. The minimum atomic E-state index is -0.579. The second-order valence-electron chi connectivity index (χ2n) is 5.66. The first-order valence-electron chi connectivity index (χ1n) is 7.69. The number of hydrogen-bond acceptors (Lipinski definition) is 4. The number of halogens is 1. The molecular weight excluding hydrogens is 386 g/mol. The van der Waals surface area contributed by atoms with Crippen LogP contribution in [0.15, 0.2) is 28.7 Å². The first kappa shape index (κ1) is 18.9.